The fourth-order valence-corrected chi connectivity index (χ4v) is 1.54. The zero-order valence-electron chi connectivity index (χ0n) is 9.30. The summed E-state index contributed by atoms with van der Waals surface area (Å²) in [5.41, 5.74) is 2.25. The third-order valence-corrected chi connectivity index (χ3v) is 2.51. The van der Waals surface area contributed by atoms with E-state index in [1.54, 1.807) is 18.6 Å². The van der Waals surface area contributed by atoms with Crippen LogP contribution in [0.25, 0.3) is 0 Å². The Morgan fingerprint density at radius 1 is 1.19 bits per heavy atom. The molecule has 0 bridgehead atoms. The highest BCUT2D eigenvalue weighted by Gasteiger charge is 2.03. The quantitative estimate of drug-likeness (QED) is 0.847. The van der Waals surface area contributed by atoms with Gasteiger partial charge in [-0.05, 0) is 12.5 Å². The van der Waals surface area contributed by atoms with E-state index in [4.69, 9.17) is 0 Å². The van der Waals surface area contributed by atoms with Gasteiger partial charge in [0.1, 0.15) is 0 Å². The van der Waals surface area contributed by atoms with Gasteiger partial charge >= 0.3 is 0 Å². The first kappa shape index (κ1) is 10.8. The first-order valence-electron chi connectivity index (χ1n) is 5.39. The van der Waals surface area contributed by atoms with Crippen LogP contribution in [-0.2, 0) is 6.54 Å². The summed E-state index contributed by atoms with van der Waals surface area (Å²) in [6.07, 6.45) is 5.18. The van der Waals surface area contributed by atoms with Crippen molar-refractivity contribution in [3.8, 4) is 0 Å². The molecule has 3 nitrogen and oxygen atoms in total. The third kappa shape index (κ3) is 2.87. The molecule has 0 saturated carbocycles. The van der Waals surface area contributed by atoms with Crippen molar-refractivity contribution in [2.24, 2.45) is 0 Å². The fraction of sp³-hybridized carbons (Fsp3) is 0.231. The second-order valence-electron chi connectivity index (χ2n) is 3.71. The molecule has 1 aromatic carbocycles. The van der Waals surface area contributed by atoms with E-state index in [0.29, 0.717) is 6.04 Å². The van der Waals surface area contributed by atoms with Crippen molar-refractivity contribution in [3.05, 3.63) is 60.2 Å². The van der Waals surface area contributed by atoms with Gasteiger partial charge in [-0.1, -0.05) is 30.3 Å². The van der Waals surface area contributed by atoms with E-state index in [0.717, 1.165) is 12.2 Å². The van der Waals surface area contributed by atoms with E-state index >= 15 is 0 Å². The van der Waals surface area contributed by atoms with Crippen molar-refractivity contribution >= 4 is 0 Å². The number of nitrogens with zero attached hydrogens (tertiary/aromatic N) is 2. The van der Waals surface area contributed by atoms with Crippen molar-refractivity contribution < 1.29 is 0 Å². The molecule has 0 saturated heterocycles. The lowest BCUT2D eigenvalue weighted by Crippen LogP contribution is -2.18. The minimum atomic E-state index is 0.322. The maximum atomic E-state index is 4.22. The summed E-state index contributed by atoms with van der Waals surface area (Å²) < 4.78 is 0. The Kier molecular flexibility index (Phi) is 3.62. The summed E-state index contributed by atoms with van der Waals surface area (Å²) in [4.78, 5) is 8.25. The van der Waals surface area contributed by atoms with E-state index in [1.165, 1.54) is 5.56 Å². The second kappa shape index (κ2) is 5.37. The third-order valence-electron chi connectivity index (χ3n) is 2.51. The van der Waals surface area contributed by atoms with Crippen molar-refractivity contribution in [1.82, 2.24) is 15.3 Å². The Hall–Kier alpha value is -1.74. The van der Waals surface area contributed by atoms with Gasteiger partial charge in [-0.15, -0.1) is 0 Å². The molecule has 0 aliphatic carbocycles. The molecule has 0 fully saturated rings. The van der Waals surface area contributed by atoms with Crippen LogP contribution in [0.15, 0.2) is 48.9 Å². The number of benzene rings is 1. The van der Waals surface area contributed by atoms with Gasteiger partial charge in [-0.25, -0.2) is 0 Å². The summed E-state index contributed by atoms with van der Waals surface area (Å²) >= 11 is 0. The van der Waals surface area contributed by atoms with Crippen LogP contribution in [0.1, 0.15) is 24.2 Å². The lowest BCUT2D eigenvalue weighted by Gasteiger charge is -2.13. The molecule has 1 N–H and O–H groups in total. The molecule has 0 radical (unpaired) electrons. The average molecular weight is 213 g/mol. The summed E-state index contributed by atoms with van der Waals surface area (Å²) in [5, 5.41) is 3.41. The highest BCUT2D eigenvalue weighted by molar-refractivity contribution is 5.18. The van der Waals surface area contributed by atoms with Crippen LogP contribution in [0, 0.1) is 0 Å². The molecule has 1 aromatic heterocycles. The molecule has 1 unspecified atom stereocenters. The van der Waals surface area contributed by atoms with E-state index in [-0.39, 0.29) is 0 Å². The molecule has 0 aliphatic rings. The Morgan fingerprint density at radius 2 is 2.00 bits per heavy atom. The van der Waals surface area contributed by atoms with E-state index in [9.17, 15) is 0 Å². The molecule has 16 heavy (non-hydrogen) atoms. The Bertz CT molecular complexity index is 414. The Labute approximate surface area is 95.6 Å². The maximum absolute atomic E-state index is 4.22. The van der Waals surface area contributed by atoms with Gasteiger partial charge in [-0.2, -0.15) is 0 Å². The monoisotopic (exact) mass is 213 g/mol. The van der Waals surface area contributed by atoms with Crippen LogP contribution in [0.4, 0.5) is 0 Å². The normalized spacial score (nSPS) is 12.3. The largest absolute Gasteiger partial charge is 0.305 e. The lowest BCUT2D eigenvalue weighted by molar-refractivity contribution is 0.566. The van der Waals surface area contributed by atoms with E-state index < -0.39 is 0 Å². The summed E-state index contributed by atoms with van der Waals surface area (Å²) in [7, 11) is 0. The van der Waals surface area contributed by atoms with Crippen LogP contribution >= 0.6 is 0 Å². The first-order chi connectivity index (χ1) is 7.86. The molecule has 2 aromatic rings. The number of aromatic nitrogens is 2. The molecule has 3 heteroatoms. The van der Waals surface area contributed by atoms with Crippen molar-refractivity contribution in [1.29, 1.82) is 0 Å². The van der Waals surface area contributed by atoms with Crippen molar-refractivity contribution in [3.63, 3.8) is 0 Å². The molecule has 1 heterocycles. The summed E-state index contributed by atoms with van der Waals surface area (Å²) in [5.74, 6) is 0. The number of hydrogen-bond acceptors (Lipinski definition) is 3. The molecule has 0 spiro atoms. The smallest absolute Gasteiger partial charge is 0.0724 e. The SMILES string of the molecule is CC(NCc1cnccn1)c1ccccc1. The second-order valence-corrected chi connectivity index (χ2v) is 3.71. The minimum Gasteiger partial charge on any atom is -0.305 e. The van der Waals surface area contributed by atoms with Gasteiger partial charge in [-0.3, -0.25) is 9.97 Å². The minimum absolute atomic E-state index is 0.322. The van der Waals surface area contributed by atoms with Crippen LogP contribution in [0.3, 0.4) is 0 Å². The van der Waals surface area contributed by atoms with Crippen molar-refractivity contribution in [2.75, 3.05) is 0 Å². The van der Waals surface area contributed by atoms with Gasteiger partial charge in [0, 0.05) is 31.2 Å². The molecule has 82 valence electrons. The van der Waals surface area contributed by atoms with Gasteiger partial charge in [0.25, 0.3) is 0 Å². The standard InChI is InChI=1S/C13H15N3/c1-11(12-5-3-2-4-6-12)16-10-13-9-14-7-8-15-13/h2-9,11,16H,10H2,1H3. The van der Waals surface area contributed by atoms with Gasteiger partial charge in [0.15, 0.2) is 0 Å². The molecular weight excluding hydrogens is 198 g/mol. The topological polar surface area (TPSA) is 37.8 Å². The van der Waals surface area contributed by atoms with E-state index in [2.05, 4.69) is 46.5 Å². The van der Waals surface area contributed by atoms with Crippen LogP contribution in [0.5, 0.6) is 0 Å². The first-order valence-corrected chi connectivity index (χ1v) is 5.39. The Morgan fingerprint density at radius 3 is 2.69 bits per heavy atom. The average Bonchev–Trinajstić information content (AvgIpc) is 2.38. The molecule has 1 atom stereocenters. The molecule has 0 aliphatic heterocycles. The number of nitrogens with one attached hydrogen (secondary N) is 1. The predicted octanol–water partition coefficient (Wildman–Crippen LogP) is 2.33. The van der Waals surface area contributed by atoms with Gasteiger partial charge in [0.2, 0.25) is 0 Å². The van der Waals surface area contributed by atoms with Crippen LogP contribution in [0.2, 0.25) is 0 Å². The van der Waals surface area contributed by atoms with Gasteiger partial charge in [0.05, 0.1) is 5.69 Å². The van der Waals surface area contributed by atoms with E-state index in [1.807, 2.05) is 6.07 Å². The predicted molar refractivity (Wildman–Crippen MR) is 63.7 cm³/mol. The van der Waals surface area contributed by atoms with Crippen LogP contribution < -0.4 is 5.32 Å². The highest BCUT2D eigenvalue weighted by Crippen LogP contribution is 2.11. The molecular formula is C13H15N3. The number of rotatable bonds is 4. The zero-order valence-corrected chi connectivity index (χ0v) is 9.30. The highest BCUT2D eigenvalue weighted by atomic mass is 14.9. The lowest BCUT2D eigenvalue weighted by atomic mass is 10.1. The van der Waals surface area contributed by atoms with Crippen LogP contribution in [-0.4, -0.2) is 9.97 Å². The summed E-state index contributed by atoms with van der Waals surface area (Å²) in [6, 6.07) is 10.7. The molecule has 0 amide bonds. The number of hydrogen-bond donors (Lipinski definition) is 1. The van der Waals surface area contributed by atoms with Gasteiger partial charge < -0.3 is 5.32 Å². The Balaban J connectivity index is 1.92. The fourth-order valence-electron chi connectivity index (χ4n) is 1.54. The zero-order chi connectivity index (χ0) is 11.2. The maximum Gasteiger partial charge on any atom is 0.0724 e. The molecule has 2 rings (SSSR count). The van der Waals surface area contributed by atoms with Crippen molar-refractivity contribution in [2.45, 2.75) is 19.5 Å². The summed E-state index contributed by atoms with van der Waals surface area (Å²) in [6.45, 7) is 2.88.